The minimum atomic E-state index is 0.161. The zero-order valence-electron chi connectivity index (χ0n) is 16.5. The lowest BCUT2D eigenvalue weighted by atomic mass is 9.89. The van der Waals surface area contributed by atoms with Crippen LogP contribution in [0.1, 0.15) is 35.6 Å². The van der Waals surface area contributed by atoms with E-state index in [4.69, 9.17) is 15.1 Å². The molecule has 0 aliphatic carbocycles. The Labute approximate surface area is 171 Å². The summed E-state index contributed by atoms with van der Waals surface area (Å²) >= 11 is 1.30. The molecule has 4 nitrogen and oxygen atoms in total. The van der Waals surface area contributed by atoms with Crippen molar-refractivity contribution >= 4 is 16.9 Å². The van der Waals surface area contributed by atoms with Gasteiger partial charge in [0, 0.05) is 30.0 Å². The quantitative estimate of drug-likeness (QED) is 0.711. The van der Waals surface area contributed by atoms with Crippen molar-refractivity contribution < 1.29 is 4.74 Å². The van der Waals surface area contributed by atoms with Gasteiger partial charge in [-0.1, -0.05) is 42.8 Å². The van der Waals surface area contributed by atoms with Crippen molar-refractivity contribution in [2.75, 3.05) is 19.7 Å². The van der Waals surface area contributed by atoms with Crippen LogP contribution in [-0.4, -0.2) is 25.8 Å². The average Bonchev–Trinajstić information content (AvgIpc) is 2.73. The Bertz CT molecular complexity index is 878. The zero-order chi connectivity index (χ0) is 19.9. The Morgan fingerprint density at radius 2 is 2.14 bits per heavy atom. The molecule has 0 amide bonds. The lowest BCUT2D eigenvalue weighted by Crippen LogP contribution is -2.39. The van der Waals surface area contributed by atoms with Gasteiger partial charge in [0.2, 0.25) is 0 Å². The minimum absolute atomic E-state index is 0.161. The fourth-order valence-corrected chi connectivity index (χ4v) is 4.28. The van der Waals surface area contributed by atoms with Crippen LogP contribution in [0.4, 0.5) is 0 Å². The first-order chi connectivity index (χ1) is 13.7. The molecule has 3 rings (SSSR count). The van der Waals surface area contributed by atoms with E-state index in [1.165, 1.54) is 28.6 Å². The van der Waals surface area contributed by atoms with Crippen LogP contribution in [0.5, 0.6) is 0 Å². The number of morpholine rings is 1. The lowest BCUT2D eigenvalue weighted by molar-refractivity contribution is 0.0292. The second kappa shape index (κ2) is 9.90. The minimum Gasteiger partial charge on any atom is -0.375 e. The van der Waals surface area contributed by atoms with Crippen molar-refractivity contribution in [3.63, 3.8) is 0 Å². The summed E-state index contributed by atoms with van der Waals surface area (Å²) in [5.41, 5.74) is 6.56. The molecule has 0 aromatic heterocycles. The van der Waals surface area contributed by atoms with Crippen molar-refractivity contribution in [1.29, 1.82) is 5.26 Å². The summed E-state index contributed by atoms with van der Waals surface area (Å²) in [6.07, 6.45) is 4.11. The number of rotatable bonds is 6. The number of nitrogens with two attached hydrogens (primary N) is 1. The third-order valence-corrected chi connectivity index (χ3v) is 5.53. The van der Waals surface area contributed by atoms with Crippen LogP contribution in [0.15, 0.2) is 42.5 Å². The molecule has 1 fully saturated rings. The van der Waals surface area contributed by atoms with E-state index in [9.17, 15) is 0 Å². The molecule has 28 heavy (non-hydrogen) atoms. The second-order valence-corrected chi connectivity index (χ2v) is 7.71. The Morgan fingerprint density at radius 3 is 2.75 bits per heavy atom. The molecule has 2 aromatic carbocycles. The first-order valence-corrected chi connectivity index (χ1v) is 10.6. The number of aryl methyl sites for hydroxylation is 1. The standard InChI is InChI=1S/C23H27N3OS/c1-3-4-22(28-25)23-19(13-20-15-26-9-10-27-20)11-16(2)12-21(23)18-7-5-17(14-24)6-8-18/h4-8,11-12,20,26H,3,9-10,13,15,25H2,1-2H3/b22-4-. The molecule has 0 radical (unpaired) electrons. The van der Waals surface area contributed by atoms with E-state index in [-0.39, 0.29) is 6.10 Å². The molecule has 146 valence electrons. The maximum Gasteiger partial charge on any atom is 0.0991 e. The topological polar surface area (TPSA) is 71.1 Å². The SMILES string of the molecule is CC/C=C(\SN)c1c(CC2CNCCO2)cc(C)cc1-c1ccc(C#N)cc1. The summed E-state index contributed by atoms with van der Waals surface area (Å²) in [6, 6.07) is 14.4. The van der Waals surface area contributed by atoms with Gasteiger partial charge in [0.25, 0.3) is 0 Å². The van der Waals surface area contributed by atoms with E-state index in [1.54, 1.807) is 0 Å². The third kappa shape index (κ3) is 4.84. The lowest BCUT2D eigenvalue weighted by Gasteiger charge is -2.26. The number of nitriles is 1. The fraction of sp³-hybridized carbons (Fsp3) is 0.348. The fourth-order valence-electron chi connectivity index (χ4n) is 3.66. The Kier molecular flexibility index (Phi) is 7.30. The van der Waals surface area contributed by atoms with Crippen LogP contribution in [-0.2, 0) is 11.2 Å². The number of benzene rings is 2. The van der Waals surface area contributed by atoms with Gasteiger partial charge in [0.15, 0.2) is 0 Å². The Morgan fingerprint density at radius 1 is 1.36 bits per heavy atom. The molecule has 2 aromatic rings. The van der Waals surface area contributed by atoms with Gasteiger partial charge in [0.05, 0.1) is 24.3 Å². The van der Waals surface area contributed by atoms with Crippen molar-refractivity contribution in [2.45, 2.75) is 32.8 Å². The van der Waals surface area contributed by atoms with Gasteiger partial charge in [-0.3, -0.25) is 5.14 Å². The molecule has 1 unspecified atom stereocenters. The van der Waals surface area contributed by atoms with Gasteiger partial charge in [-0.25, -0.2) is 0 Å². The molecule has 1 aliphatic heterocycles. The Hall–Kier alpha value is -2.10. The van der Waals surface area contributed by atoms with E-state index in [0.29, 0.717) is 5.56 Å². The second-order valence-electron chi connectivity index (χ2n) is 7.03. The predicted octanol–water partition coefficient (Wildman–Crippen LogP) is 4.42. The maximum absolute atomic E-state index is 9.12. The monoisotopic (exact) mass is 393 g/mol. The van der Waals surface area contributed by atoms with E-state index in [1.807, 2.05) is 24.3 Å². The number of nitrogens with one attached hydrogen (secondary N) is 1. The van der Waals surface area contributed by atoms with E-state index in [2.05, 4.69) is 43.4 Å². The van der Waals surface area contributed by atoms with Crippen molar-refractivity contribution in [3.05, 3.63) is 64.7 Å². The highest BCUT2D eigenvalue weighted by atomic mass is 32.2. The molecule has 1 saturated heterocycles. The molecule has 3 N–H and O–H groups in total. The number of nitrogens with zero attached hydrogens (tertiary/aromatic N) is 1. The van der Waals surface area contributed by atoms with Crippen molar-refractivity contribution in [1.82, 2.24) is 5.32 Å². The smallest absolute Gasteiger partial charge is 0.0991 e. The highest BCUT2D eigenvalue weighted by Gasteiger charge is 2.20. The molecule has 1 aliphatic rings. The van der Waals surface area contributed by atoms with Crippen LogP contribution in [0.2, 0.25) is 0 Å². The van der Waals surface area contributed by atoms with Gasteiger partial charge >= 0.3 is 0 Å². The Balaban J connectivity index is 2.13. The molecular formula is C23H27N3OS. The van der Waals surface area contributed by atoms with E-state index in [0.717, 1.165) is 48.6 Å². The highest BCUT2D eigenvalue weighted by molar-refractivity contribution is 8.06. The summed E-state index contributed by atoms with van der Waals surface area (Å²) < 4.78 is 5.97. The van der Waals surface area contributed by atoms with Gasteiger partial charge in [-0.05, 0) is 54.1 Å². The van der Waals surface area contributed by atoms with Crippen molar-refractivity contribution in [2.24, 2.45) is 5.14 Å². The van der Waals surface area contributed by atoms with Crippen LogP contribution in [0, 0.1) is 18.3 Å². The molecule has 5 heteroatoms. The summed E-state index contributed by atoms with van der Waals surface area (Å²) in [5.74, 6) is 0. The van der Waals surface area contributed by atoms with Gasteiger partial charge < -0.3 is 10.1 Å². The number of hydrogen-bond acceptors (Lipinski definition) is 5. The average molecular weight is 394 g/mol. The molecular weight excluding hydrogens is 366 g/mol. The summed E-state index contributed by atoms with van der Waals surface area (Å²) in [6.45, 7) is 6.77. The highest BCUT2D eigenvalue weighted by Crippen LogP contribution is 2.38. The molecule has 0 spiro atoms. The van der Waals surface area contributed by atoms with Crippen LogP contribution >= 0.6 is 11.9 Å². The summed E-state index contributed by atoms with van der Waals surface area (Å²) in [7, 11) is 0. The first-order valence-electron chi connectivity index (χ1n) is 9.70. The number of ether oxygens (including phenoxy) is 1. The molecule has 1 atom stereocenters. The molecule has 0 bridgehead atoms. The molecule has 0 saturated carbocycles. The third-order valence-electron chi connectivity index (χ3n) is 4.90. The largest absolute Gasteiger partial charge is 0.375 e. The normalized spacial score (nSPS) is 17.4. The van der Waals surface area contributed by atoms with E-state index < -0.39 is 0 Å². The number of allylic oxidation sites excluding steroid dienone is 1. The number of hydrogen-bond donors (Lipinski definition) is 2. The summed E-state index contributed by atoms with van der Waals surface area (Å²) in [4.78, 5) is 1.08. The van der Waals surface area contributed by atoms with Gasteiger partial charge in [-0.2, -0.15) is 5.26 Å². The first kappa shape index (κ1) is 20.6. The van der Waals surface area contributed by atoms with Crippen LogP contribution in [0.3, 0.4) is 0 Å². The van der Waals surface area contributed by atoms with Gasteiger partial charge in [-0.15, -0.1) is 0 Å². The molecule has 1 heterocycles. The summed E-state index contributed by atoms with van der Waals surface area (Å²) in [5, 5.41) is 18.6. The predicted molar refractivity (Wildman–Crippen MR) is 118 cm³/mol. The zero-order valence-corrected chi connectivity index (χ0v) is 17.3. The van der Waals surface area contributed by atoms with Crippen molar-refractivity contribution in [3.8, 4) is 17.2 Å². The van der Waals surface area contributed by atoms with Gasteiger partial charge in [0.1, 0.15) is 0 Å². The van der Waals surface area contributed by atoms with Crippen LogP contribution in [0.25, 0.3) is 16.0 Å². The maximum atomic E-state index is 9.12. The van der Waals surface area contributed by atoms with Crippen LogP contribution < -0.4 is 10.5 Å². The van der Waals surface area contributed by atoms with E-state index >= 15 is 0 Å².